The van der Waals surface area contributed by atoms with Gasteiger partial charge in [-0.3, -0.25) is 4.79 Å². The molecule has 3 rings (SSSR count). The Labute approximate surface area is 115 Å². The molecular formula is C15H13N3O2. The number of ether oxygens (including phenoxy) is 1. The summed E-state index contributed by atoms with van der Waals surface area (Å²) in [6, 6.07) is 13.1. The third kappa shape index (κ3) is 1.99. The number of nitrogens with one attached hydrogen (secondary N) is 1. The molecule has 0 fully saturated rings. The average molecular weight is 267 g/mol. The van der Waals surface area contributed by atoms with Crippen molar-refractivity contribution in [3.8, 4) is 17.0 Å². The number of benzene rings is 1. The lowest BCUT2D eigenvalue weighted by molar-refractivity contribution is 0.0996. The molecule has 0 aliphatic carbocycles. The molecule has 0 spiro atoms. The number of carbonyl (C=O) groups is 1. The van der Waals surface area contributed by atoms with Gasteiger partial charge in [-0.15, -0.1) is 0 Å². The fourth-order valence-electron chi connectivity index (χ4n) is 2.14. The molecule has 100 valence electrons. The van der Waals surface area contributed by atoms with E-state index >= 15 is 0 Å². The average Bonchev–Trinajstić information content (AvgIpc) is 2.90. The minimum atomic E-state index is -0.498. The van der Waals surface area contributed by atoms with Crippen molar-refractivity contribution >= 4 is 16.9 Å². The van der Waals surface area contributed by atoms with Gasteiger partial charge in [-0.05, 0) is 30.3 Å². The maximum Gasteiger partial charge on any atom is 0.265 e. The number of aromatic nitrogens is 2. The lowest BCUT2D eigenvalue weighted by atomic mass is 10.1. The van der Waals surface area contributed by atoms with Crippen molar-refractivity contribution in [3.05, 3.63) is 48.2 Å². The number of para-hydroxylation sites is 1. The van der Waals surface area contributed by atoms with Crippen molar-refractivity contribution in [2.45, 2.75) is 0 Å². The van der Waals surface area contributed by atoms with Crippen LogP contribution in [0.25, 0.3) is 22.3 Å². The third-order valence-electron chi connectivity index (χ3n) is 3.13. The van der Waals surface area contributed by atoms with E-state index in [9.17, 15) is 4.79 Å². The molecule has 3 N–H and O–H groups in total. The van der Waals surface area contributed by atoms with Crippen molar-refractivity contribution in [2.24, 2.45) is 5.73 Å². The van der Waals surface area contributed by atoms with Crippen LogP contribution in [0.15, 0.2) is 42.5 Å². The van der Waals surface area contributed by atoms with E-state index in [1.807, 2.05) is 36.4 Å². The summed E-state index contributed by atoms with van der Waals surface area (Å²) in [6.45, 7) is 0. The highest BCUT2D eigenvalue weighted by Crippen LogP contribution is 2.29. The Bertz CT molecular complexity index is 793. The van der Waals surface area contributed by atoms with E-state index in [1.165, 1.54) is 0 Å². The molecular weight excluding hydrogens is 254 g/mol. The molecule has 3 aromatic rings. The maximum atomic E-state index is 11.2. The summed E-state index contributed by atoms with van der Waals surface area (Å²) in [5, 5.41) is 0.845. The second-order valence-corrected chi connectivity index (χ2v) is 4.38. The molecule has 0 bridgehead atoms. The van der Waals surface area contributed by atoms with Gasteiger partial charge in [0.1, 0.15) is 17.1 Å². The van der Waals surface area contributed by atoms with Crippen molar-refractivity contribution in [2.75, 3.05) is 7.11 Å². The van der Waals surface area contributed by atoms with Crippen molar-refractivity contribution in [1.82, 2.24) is 9.97 Å². The zero-order valence-electron chi connectivity index (χ0n) is 10.9. The van der Waals surface area contributed by atoms with E-state index in [1.54, 1.807) is 13.2 Å². The Morgan fingerprint density at radius 2 is 2.05 bits per heavy atom. The Balaban J connectivity index is 2.15. The van der Waals surface area contributed by atoms with Crippen molar-refractivity contribution < 1.29 is 9.53 Å². The minimum Gasteiger partial charge on any atom is -0.496 e. The van der Waals surface area contributed by atoms with Crippen molar-refractivity contribution in [1.29, 1.82) is 0 Å². The molecule has 0 atom stereocenters. The molecule has 1 amide bonds. The van der Waals surface area contributed by atoms with Crippen LogP contribution in [0, 0.1) is 0 Å². The fourth-order valence-corrected chi connectivity index (χ4v) is 2.14. The van der Waals surface area contributed by atoms with Gasteiger partial charge in [0.15, 0.2) is 0 Å². The summed E-state index contributed by atoms with van der Waals surface area (Å²) in [5.41, 5.74) is 7.90. The summed E-state index contributed by atoms with van der Waals surface area (Å²) in [6.07, 6.45) is 0. The number of nitrogens with two attached hydrogens (primary N) is 1. The standard InChI is InChI=1S/C15H13N3O2/c1-20-13-5-3-2-4-10(13)11-7-6-9-8-12(14(16)19)18-15(9)17-11/h2-8H,1H3,(H2,16,19)(H,17,18). The van der Waals surface area contributed by atoms with Gasteiger partial charge in [0, 0.05) is 10.9 Å². The van der Waals surface area contributed by atoms with Crippen LogP contribution in [0.1, 0.15) is 10.5 Å². The third-order valence-corrected chi connectivity index (χ3v) is 3.13. The number of fused-ring (bicyclic) bond motifs is 1. The SMILES string of the molecule is COc1ccccc1-c1ccc2cc(C(N)=O)[nH]c2n1. The van der Waals surface area contributed by atoms with Gasteiger partial charge in [0.25, 0.3) is 5.91 Å². The molecule has 0 saturated carbocycles. The molecule has 20 heavy (non-hydrogen) atoms. The number of H-pyrrole nitrogens is 1. The topological polar surface area (TPSA) is 81.0 Å². The Hall–Kier alpha value is -2.82. The van der Waals surface area contributed by atoms with E-state index in [0.29, 0.717) is 11.3 Å². The minimum absolute atomic E-state index is 0.352. The summed E-state index contributed by atoms with van der Waals surface area (Å²) in [5.74, 6) is 0.253. The highest BCUT2D eigenvalue weighted by Gasteiger charge is 2.10. The van der Waals surface area contributed by atoms with Crippen LogP contribution in [0.2, 0.25) is 0 Å². The van der Waals surface area contributed by atoms with Gasteiger partial charge in [-0.2, -0.15) is 0 Å². The molecule has 2 heterocycles. The number of amides is 1. The molecule has 1 aromatic carbocycles. The zero-order chi connectivity index (χ0) is 14.1. The molecule has 0 unspecified atom stereocenters. The highest BCUT2D eigenvalue weighted by molar-refractivity contribution is 5.96. The van der Waals surface area contributed by atoms with E-state index in [4.69, 9.17) is 10.5 Å². The number of hydrogen-bond acceptors (Lipinski definition) is 3. The first-order valence-electron chi connectivity index (χ1n) is 6.12. The number of methoxy groups -OCH3 is 1. The Morgan fingerprint density at radius 3 is 2.80 bits per heavy atom. The number of carbonyl (C=O) groups excluding carboxylic acids is 1. The first-order chi connectivity index (χ1) is 9.69. The Morgan fingerprint density at radius 1 is 1.25 bits per heavy atom. The first-order valence-corrected chi connectivity index (χ1v) is 6.12. The number of pyridine rings is 1. The number of nitrogens with zero attached hydrogens (tertiary/aromatic N) is 1. The van der Waals surface area contributed by atoms with Gasteiger partial charge in [-0.25, -0.2) is 4.98 Å². The summed E-state index contributed by atoms with van der Waals surface area (Å²) >= 11 is 0. The van der Waals surface area contributed by atoms with Gasteiger partial charge in [0.05, 0.1) is 12.8 Å². The van der Waals surface area contributed by atoms with E-state index in [2.05, 4.69) is 9.97 Å². The first kappa shape index (κ1) is 12.2. The quantitative estimate of drug-likeness (QED) is 0.764. The highest BCUT2D eigenvalue weighted by atomic mass is 16.5. The van der Waals surface area contributed by atoms with Gasteiger partial charge < -0.3 is 15.5 Å². The van der Waals surface area contributed by atoms with Gasteiger partial charge in [-0.1, -0.05) is 12.1 Å². The second-order valence-electron chi connectivity index (χ2n) is 4.38. The maximum absolute atomic E-state index is 11.2. The normalized spacial score (nSPS) is 10.7. The van der Waals surface area contributed by atoms with Crippen LogP contribution in [-0.2, 0) is 0 Å². The molecule has 2 aromatic heterocycles. The molecule has 5 nitrogen and oxygen atoms in total. The molecule has 5 heteroatoms. The number of aromatic amines is 1. The fraction of sp³-hybridized carbons (Fsp3) is 0.0667. The van der Waals surface area contributed by atoms with Crippen LogP contribution in [0.5, 0.6) is 5.75 Å². The largest absolute Gasteiger partial charge is 0.496 e. The smallest absolute Gasteiger partial charge is 0.265 e. The Kier molecular flexibility index (Phi) is 2.87. The molecule has 0 aliphatic rings. The van der Waals surface area contributed by atoms with Gasteiger partial charge >= 0.3 is 0 Å². The van der Waals surface area contributed by atoms with Crippen molar-refractivity contribution in [3.63, 3.8) is 0 Å². The van der Waals surface area contributed by atoms with Crippen LogP contribution in [0.4, 0.5) is 0 Å². The summed E-state index contributed by atoms with van der Waals surface area (Å²) in [7, 11) is 1.62. The van der Waals surface area contributed by atoms with E-state index in [0.717, 1.165) is 22.4 Å². The van der Waals surface area contributed by atoms with Crippen LogP contribution < -0.4 is 10.5 Å². The number of rotatable bonds is 3. The monoisotopic (exact) mass is 267 g/mol. The van der Waals surface area contributed by atoms with E-state index < -0.39 is 5.91 Å². The zero-order valence-corrected chi connectivity index (χ0v) is 10.9. The number of hydrogen-bond donors (Lipinski definition) is 2. The predicted molar refractivity (Wildman–Crippen MR) is 76.6 cm³/mol. The summed E-state index contributed by atoms with van der Waals surface area (Å²) < 4.78 is 5.33. The van der Waals surface area contributed by atoms with Crippen LogP contribution in [-0.4, -0.2) is 23.0 Å². The number of primary amides is 1. The van der Waals surface area contributed by atoms with Crippen LogP contribution in [0.3, 0.4) is 0 Å². The lowest BCUT2D eigenvalue weighted by Crippen LogP contribution is -2.10. The predicted octanol–water partition coefficient (Wildman–Crippen LogP) is 2.34. The van der Waals surface area contributed by atoms with Gasteiger partial charge in [0.2, 0.25) is 0 Å². The molecule has 0 aliphatic heterocycles. The molecule has 0 saturated heterocycles. The molecule has 0 radical (unpaired) electrons. The second kappa shape index (κ2) is 4.70. The van der Waals surface area contributed by atoms with Crippen LogP contribution >= 0.6 is 0 Å². The van der Waals surface area contributed by atoms with E-state index in [-0.39, 0.29) is 0 Å². The summed E-state index contributed by atoms with van der Waals surface area (Å²) in [4.78, 5) is 18.6. The lowest BCUT2D eigenvalue weighted by Gasteiger charge is -2.07.